The van der Waals surface area contributed by atoms with Crippen molar-refractivity contribution in [3.8, 4) is 0 Å². The van der Waals surface area contributed by atoms with Crippen molar-refractivity contribution in [3.05, 3.63) is 48.0 Å². The zero-order chi connectivity index (χ0) is 15.8. The van der Waals surface area contributed by atoms with E-state index in [4.69, 9.17) is 10.5 Å². The van der Waals surface area contributed by atoms with E-state index in [1.807, 2.05) is 13.0 Å². The smallest absolute Gasteiger partial charge is 0.189 e. The summed E-state index contributed by atoms with van der Waals surface area (Å²) in [5, 5.41) is 3.38. The number of halogens is 1. The molecule has 1 atom stereocenters. The molecule has 2 rings (SSSR count). The van der Waals surface area contributed by atoms with Crippen molar-refractivity contribution >= 4 is 29.9 Å². The molecule has 0 saturated carbocycles. The van der Waals surface area contributed by atoms with Gasteiger partial charge in [0.05, 0.1) is 12.6 Å². The summed E-state index contributed by atoms with van der Waals surface area (Å²) >= 11 is 0. The van der Waals surface area contributed by atoms with Gasteiger partial charge in [0.1, 0.15) is 0 Å². The lowest BCUT2D eigenvalue weighted by molar-refractivity contribution is 0.0612. The van der Waals surface area contributed by atoms with Crippen LogP contribution in [0.3, 0.4) is 0 Å². The maximum Gasteiger partial charge on any atom is 0.189 e. The minimum atomic E-state index is 0. The van der Waals surface area contributed by atoms with Crippen LogP contribution in [0, 0.1) is 5.92 Å². The number of guanidine groups is 1. The second kappa shape index (κ2) is 10.6. The third-order valence-corrected chi connectivity index (χ3v) is 3.95. The van der Waals surface area contributed by atoms with Crippen molar-refractivity contribution in [1.29, 1.82) is 0 Å². The van der Waals surface area contributed by atoms with Gasteiger partial charge in [0.25, 0.3) is 0 Å². The van der Waals surface area contributed by atoms with Crippen LogP contribution >= 0.6 is 24.0 Å². The number of nitrogens with zero attached hydrogens (tertiary/aromatic N) is 1. The van der Waals surface area contributed by atoms with Gasteiger partial charge < -0.3 is 15.8 Å². The first-order valence-corrected chi connectivity index (χ1v) is 7.98. The normalized spacial score (nSPS) is 17.2. The fourth-order valence-corrected chi connectivity index (χ4v) is 2.72. The van der Waals surface area contributed by atoms with E-state index in [9.17, 15) is 0 Å². The van der Waals surface area contributed by atoms with Gasteiger partial charge in [0.15, 0.2) is 5.96 Å². The first kappa shape index (κ1) is 20.0. The Morgan fingerprint density at radius 1 is 1.35 bits per heavy atom. The standard InChI is InChI=1S/C18H27N3O.HI/c1-14(2)13-20-18(19)21-17(16-6-4-3-5-7-16)12-15-8-10-22-11-9-15;/h3-7,15,17H,1,8-13H2,2H3,(H3,19,20,21);1H. The molecular weight excluding hydrogens is 401 g/mol. The van der Waals surface area contributed by atoms with Gasteiger partial charge in [-0.2, -0.15) is 0 Å². The van der Waals surface area contributed by atoms with Gasteiger partial charge in [-0.3, -0.25) is 0 Å². The number of nitrogens with one attached hydrogen (secondary N) is 1. The number of hydrogen-bond acceptors (Lipinski definition) is 2. The molecule has 0 bridgehead atoms. The number of aliphatic imine (C=N–C) groups is 1. The van der Waals surface area contributed by atoms with Crippen LogP contribution in [0.15, 0.2) is 47.5 Å². The van der Waals surface area contributed by atoms with E-state index in [2.05, 4.69) is 41.2 Å². The molecule has 1 unspecified atom stereocenters. The number of hydrogen-bond donors (Lipinski definition) is 2. The molecule has 0 aromatic heterocycles. The Kier molecular flexibility index (Phi) is 9.24. The van der Waals surface area contributed by atoms with E-state index < -0.39 is 0 Å². The zero-order valence-corrected chi connectivity index (χ0v) is 16.2. The number of rotatable bonds is 6. The molecule has 1 fully saturated rings. The molecule has 0 radical (unpaired) electrons. The molecule has 23 heavy (non-hydrogen) atoms. The fraction of sp³-hybridized carbons (Fsp3) is 0.500. The molecule has 128 valence electrons. The highest BCUT2D eigenvalue weighted by atomic mass is 127. The Morgan fingerprint density at radius 3 is 2.61 bits per heavy atom. The Bertz CT molecular complexity index is 498. The monoisotopic (exact) mass is 429 g/mol. The number of nitrogens with two attached hydrogens (primary N) is 1. The SMILES string of the molecule is C=C(C)CN=C(N)NC(CC1CCOCC1)c1ccccc1.I. The summed E-state index contributed by atoms with van der Waals surface area (Å²) < 4.78 is 5.45. The summed E-state index contributed by atoms with van der Waals surface area (Å²) in [5.41, 5.74) is 8.30. The summed E-state index contributed by atoms with van der Waals surface area (Å²) in [5.74, 6) is 1.16. The van der Waals surface area contributed by atoms with Crippen molar-refractivity contribution in [3.63, 3.8) is 0 Å². The van der Waals surface area contributed by atoms with Crippen LogP contribution < -0.4 is 11.1 Å². The molecular formula is C18H28IN3O. The van der Waals surface area contributed by atoms with Crippen LogP contribution in [0.4, 0.5) is 0 Å². The zero-order valence-electron chi connectivity index (χ0n) is 13.8. The Morgan fingerprint density at radius 2 is 2.00 bits per heavy atom. The maximum absolute atomic E-state index is 6.04. The molecule has 3 N–H and O–H groups in total. The third kappa shape index (κ3) is 7.35. The van der Waals surface area contributed by atoms with Gasteiger partial charge in [-0.25, -0.2) is 4.99 Å². The molecule has 0 amide bonds. The van der Waals surface area contributed by atoms with Crippen molar-refractivity contribution in [2.75, 3.05) is 19.8 Å². The Labute approximate surface area is 156 Å². The predicted octanol–water partition coefficient (Wildman–Crippen LogP) is 3.64. The summed E-state index contributed by atoms with van der Waals surface area (Å²) in [7, 11) is 0. The van der Waals surface area contributed by atoms with Gasteiger partial charge in [-0.1, -0.05) is 42.5 Å². The van der Waals surface area contributed by atoms with Gasteiger partial charge in [0.2, 0.25) is 0 Å². The lowest BCUT2D eigenvalue weighted by Gasteiger charge is -2.28. The van der Waals surface area contributed by atoms with Gasteiger partial charge >= 0.3 is 0 Å². The molecule has 1 heterocycles. The molecule has 0 spiro atoms. The molecule has 1 aromatic rings. The fourth-order valence-electron chi connectivity index (χ4n) is 2.72. The number of ether oxygens (including phenoxy) is 1. The van der Waals surface area contributed by atoms with Crippen LogP contribution in [0.5, 0.6) is 0 Å². The lowest BCUT2D eigenvalue weighted by Crippen LogP contribution is -2.36. The molecule has 1 saturated heterocycles. The molecule has 1 aliphatic rings. The van der Waals surface area contributed by atoms with Crippen LogP contribution in [0.1, 0.15) is 37.8 Å². The Hall–Kier alpha value is -1.08. The first-order chi connectivity index (χ1) is 10.6. The summed E-state index contributed by atoms with van der Waals surface area (Å²) in [4.78, 5) is 4.34. The molecule has 1 aromatic carbocycles. The van der Waals surface area contributed by atoms with Gasteiger partial charge in [0, 0.05) is 13.2 Å². The average molecular weight is 429 g/mol. The van der Waals surface area contributed by atoms with Gasteiger partial charge in [-0.15, -0.1) is 24.0 Å². The summed E-state index contributed by atoms with van der Waals surface area (Å²) in [6.45, 7) is 8.11. The molecule has 4 nitrogen and oxygen atoms in total. The molecule has 5 heteroatoms. The van der Waals surface area contributed by atoms with E-state index in [0.717, 1.165) is 38.0 Å². The van der Waals surface area contributed by atoms with E-state index in [1.165, 1.54) is 5.56 Å². The topological polar surface area (TPSA) is 59.6 Å². The maximum atomic E-state index is 6.04. The van der Waals surface area contributed by atoms with Crippen LogP contribution in [0.2, 0.25) is 0 Å². The average Bonchev–Trinajstić information content (AvgIpc) is 2.54. The largest absolute Gasteiger partial charge is 0.381 e. The van der Waals surface area contributed by atoms with Crippen LogP contribution in [-0.2, 0) is 4.74 Å². The highest BCUT2D eigenvalue weighted by Crippen LogP contribution is 2.27. The Balaban J connectivity index is 0.00000264. The van der Waals surface area contributed by atoms with Crippen molar-refractivity contribution in [2.45, 2.75) is 32.2 Å². The molecule has 0 aliphatic carbocycles. The van der Waals surface area contributed by atoms with E-state index in [-0.39, 0.29) is 30.0 Å². The second-order valence-electron chi connectivity index (χ2n) is 6.06. The number of benzene rings is 1. The van der Waals surface area contributed by atoms with Crippen LogP contribution in [-0.4, -0.2) is 25.7 Å². The minimum absolute atomic E-state index is 0. The van der Waals surface area contributed by atoms with E-state index >= 15 is 0 Å². The lowest BCUT2D eigenvalue weighted by atomic mass is 9.89. The summed E-state index contributed by atoms with van der Waals surface area (Å²) in [6, 6.07) is 10.6. The predicted molar refractivity (Wildman–Crippen MR) is 107 cm³/mol. The van der Waals surface area contributed by atoms with Crippen LogP contribution in [0.25, 0.3) is 0 Å². The van der Waals surface area contributed by atoms with Crippen molar-refractivity contribution in [1.82, 2.24) is 5.32 Å². The quantitative estimate of drug-likeness (QED) is 0.314. The highest BCUT2D eigenvalue weighted by molar-refractivity contribution is 14.0. The van der Waals surface area contributed by atoms with E-state index in [1.54, 1.807) is 0 Å². The highest BCUT2D eigenvalue weighted by Gasteiger charge is 2.20. The van der Waals surface area contributed by atoms with Crippen molar-refractivity contribution < 1.29 is 4.74 Å². The van der Waals surface area contributed by atoms with E-state index in [0.29, 0.717) is 18.4 Å². The second-order valence-corrected chi connectivity index (χ2v) is 6.06. The first-order valence-electron chi connectivity index (χ1n) is 7.98. The van der Waals surface area contributed by atoms with Crippen molar-refractivity contribution in [2.24, 2.45) is 16.6 Å². The molecule has 1 aliphatic heterocycles. The third-order valence-electron chi connectivity index (χ3n) is 3.95. The summed E-state index contributed by atoms with van der Waals surface area (Å²) in [6.07, 6.45) is 3.29. The minimum Gasteiger partial charge on any atom is -0.381 e. The van der Waals surface area contributed by atoms with Gasteiger partial charge in [-0.05, 0) is 37.7 Å².